The Balaban J connectivity index is 1.51. The molecule has 0 aliphatic heterocycles. The minimum Gasteiger partial charge on any atom is -0.373 e. The van der Waals surface area contributed by atoms with Gasteiger partial charge in [0.15, 0.2) is 0 Å². The quantitative estimate of drug-likeness (QED) is 0.753. The average molecular weight is 308 g/mol. The summed E-state index contributed by atoms with van der Waals surface area (Å²) in [5, 5.41) is 0.919. The largest absolute Gasteiger partial charge is 0.373 e. The Hall–Kier alpha value is -1.09. The Bertz CT molecular complexity index is 562. The fourth-order valence-corrected chi connectivity index (χ4v) is 2.96. The Morgan fingerprint density at radius 2 is 1.70 bits per heavy atom. The molecule has 1 aromatic heterocycles. The number of aromatic nitrogens is 1. The predicted molar refractivity (Wildman–Crippen MR) is 81.3 cm³/mol. The van der Waals surface area contributed by atoms with Crippen LogP contribution in [0.25, 0.3) is 0 Å². The summed E-state index contributed by atoms with van der Waals surface area (Å²) < 4.78 is 5.89. The van der Waals surface area contributed by atoms with Crippen LogP contribution in [0.3, 0.4) is 0 Å². The van der Waals surface area contributed by atoms with Crippen molar-refractivity contribution < 1.29 is 4.74 Å². The van der Waals surface area contributed by atoms with E-state index < -0.39 is 0 Å². The number of pyridine rings is 1. The first-order chi connectivity index (χ1) is 9.70. The highest BCUT2D eigenvalue weighted by Gasteiger charge is 2.31. The van der Waals surface area contributed by atoms with Gasteiger partial charge in [0.2, 0.25) is 0 Å². The third kappa shape index (κ3) is 3.32. The number of benzene rings is 1. The van der Waals surface area contributed by atoms with Crippen LogP contribution < -0.4 is 0 Å². The molecule has 1 fully saturated rings. The zero-order valence-corrected chi connectivity index (χ0v) is 12.4. The van der Waals surface area contributed by atoms with Gasteiger partial charge in [0.25, 0.3) is 0 Å². The van der Waals surface area contributed by atoms with Crippen molar-refractivity contribution in [2.45, 2.75) is 31.5 Å². The molecule has 0 radical (unpaired) electrons. The molecular weight excluding hydrogens is 293 g/mol. The summed E-state index contributed by atoms with van der Waals surface area (Å²) in [6, 6.07) is 14.0. The lowest BCUT2D eigenvalue weighted by molar-refractivity contribution is -0.0207. The van der Waals surface area contributed by atoms with Gasteiger partial charge in [-0.2, -0.15) is 0 Å². The molecule has 1 aliphatic rings. The predicted octanol–water partition coefficient (Wildman–Crippen LogP) is 4.85. The third-order valence-electron chi connectivity index (χ3n) is 3.68. The third-order valence-corrected chi connectivity index (χ3v) is 4.07. The van der Waals surface area contributed by atoms with E-state index in [0.29, 0.717) is 28.9 Å². The normalized spacial score (nSPS) is 21.5. The summed E-state index contributed by atoms with van der Waals surface area (Å²) in [5.41, 5.74) is 2.38. The van der Waals surface area contributed by atoms with Crippen LogP contribution in [0.2, 0.25) is 10.3 Å². The highest BCUT2D eigenvalue weighted by atomic mass is 35.5. The molecule has 0 bridgehead atoms. The van der Waals surface area contributed by atoms with E-state index in [1.54, 1.807) is 0 Å². The summed E-state index contributed by atoms with van der Waals surface area (Å²) in [6.07, 6.45) is 2.36. The summed E-state index contributed by atoms with van der Waals surface area (Å²) in [7, 11) is 0. The lowest BCUT2D eigenvalue weighted by atomic mass is 9.78. The first-order valence-corrected chi connectivity index (χ1v) is 7.45. The minimum atomic E-state index is 0.325. The van der Waals surface area contributed by atoms with Gasteiger partial charge >= 0.3 is 0 Å². The summed E-state index contributed by atoms with van der Waals surface area (Å²) in [5.74, 6) is 0.480. The first-order valence-electron chi connectivity index (χ1n) is 6.69. The minimum absolute atomic E-state index is 0.325. The maximum atomic E-state index is 5.93. The molecule has 1 saturated carbocycles. The van der Waals surface area contributed by atoms with Gasteiger partial charge in [0.1, 0.15) is 10.3 Å². The molecule has 1 aliphatic carbocycles. The van der Waals surface area contributed by atoms with E-state index in [0.717, 1.165) is 18.4 Å². The molecule has 2 aromatic rings. The molecular formula is C16H15Cl2NO. The van der Waals surface area contributed by atoms with Gasteiger partial charge in [-0.15, -0.1) is 0 Å². The molecule has 4 heteroatoms. The molecule has 0 unspecified atom stereocenters. The van der Waals surface area contributed by atoms with Crippen LogP contribution in [0, 0.1) is 0 Å². The lowest BCUT2D eigenvalue weighted by Crippen LogP contribution is -2.29. The van der Waals surface area contributed by atoms with E-state index in [9.17, 15) is 0 Å². The first kappa shape index (κ1) is 13.9. The zero-order valence-electron chi connectivity index (χ0n) is 10.9. The fraction of sp³-hybridized carbons (Fsp3) is 0.312. The number of ether oxygens (including phenoxy) is 1. The van der Waals surface area contributed by atoms with Crippen molar-refractivity contribution in [2.75, 3.05) is 0 Å². The zero-order chi connectivity index (χ0) is 13.9. The second kappa shape index (κ2) is 6.13. The Morgan fingerprint density at radius 3 is 2.35 bits per heavy atom. The number of rotatable bonds is 4. The van der Waals surface area contributed by atoms with Gasteiger partial charge in [-0.05, 0) is 42.0 Å². The van der Waals surface area contributed by atoms with Crippen molar-refractivity contribution in [3.05, 3.63) is 63.9 Å². The molecule has 3 rings (SSSR count). The number of hydrogen-bond acceptors (Lipinski definition) is 2. The summed E-state index contributed by atoms with van der Waals surface area (Å²) in [6.45, 7) is 0.677. The van der Waals surface area contributed by atoms with Crippen LogP contribution in [0.5, 0.6) is 0 Å². The van der Waals surface area contributed by atoms with Crippen molar-refractivity contribution in [1.82, 2.24) is 4.98 Å². The maximum Gasteiger partial charge on any atom is 0.131 e. The molecule has 0 saturated heterocycles. The molecule has 0 amide bonds. The van der Waals surface area contributed by atoms with E-state index in [1.807, 2.05) is 30.3 Å². The van der Waals surface area contributed by atoms with Crippen molar-refractivity contribution in [3.63, 3.8) is 0 Å². The smallest absolute Gasteiger partial charge is 0.131 e. The average Bonchev–Trinajstić information content (AvgIpc) is 2.37. The number of halogens is 2. The standard InChI is InChI=1S/C16H15Cl2NO/c17-15-8-13(9-16(18)19-15)12-6-14(7-12)20-10-11-4-2-1-3-5-11/h1-5,8-9,12,14H,6-7,10H2. The fourth-order valence-electron chi connectivity index (χ4n) is 2.48. The molecule has 20 heavy (non-hydrogen) atoms. The van der Waals surface area contributed by atoms with Crippen molar-refractivity contribution in [1.29, 1.82) is 0 Å². The second-order valence-electron chi connectivity index (χ2n) is 5.13. The van der Waals surface area contributed by atoms with Gasteiger partial charge in [-0.25, -0.2) is 4.98 Å². The van der Waals surface area contributed by atoms with Crippen LogP contribution in [0.4, 0.5) is 0 Å². The molecule has 104 valence electrons. The van der Waals surface area contributed by atoms with E-state index in [1.165, 1.54) is 5.56 Å². The van der Waals surface area contributed by atoms with E-state index >= 15 is 0 Å². The van der Waals surface area contributed by atoms with Crippen LogP contribution in [0.15, 0.2) is 42.5 Å². The molecule has 1 aromatic carbocycles. The van der Waals surface area contributed by atoms with Crippen LogP contribution in [0.1, 0.15) is 29.9 Å². The highest BCUT2D eigenvalue weighted by Crippen LogP contribution is 2.40. The summed E-state index contributed by atoms with van der Waals surface area (Å²) in [4.78, 5) is 3.97. The number of nitrogens with zero attached hydrogens (tertiary/aromatic N) is 1. The second-order valence-corrected chi connectivity index (χ2v) is 5.91. The van der Waals surface area contributed by atoms with Crippen molar-refractivity contribution >= 4 is 23.2 Å². The molecule has 0 atom stereocenters. The maximum absolute atomic E-state index is 5.93. The van der Waals surface area contributed by atoms with Gasteiger partial charge < -0.3 is 4.74 Å². The Labute approximate surface area is 128 Å². The van der Waals surface area contributed by atoms with E-state index in [4.69, 9.17) is 27.9 Å². The molecule has 2 nitrogen and oxygen atoms in total. The summed E-state index contributed by atoms with van der Waals surface area (Å²) >= 11 is 11.9. The molecule has 0 spiro atoms. The van der Waals surface area contributed by atoms with Gasteiger partial charge in [-0.1, -0.05) is 53.5 Å². The lowest BCUT2D eigenvalue weighted by Gasteiger charge is -2.35. The topological polar surface area (TPSA) is 22.1 Å². The van der Waals surface area contributed by atoms with E-state index in [-0.39, 0.29) is 0 Å². The van der Waals surface area contributed by atoms with Crippen molar-refractivity contribution in [2.24, 2.45) is 0 Å². The molecule has 0 N–H and O–H groups in total. The van der Waals surface area contributed by atoms with Crippen LogP contribution >= 0.6 is 23.2 Å². The van der Waals surface area contributed by atoms with Gasteiger partial charge in [0.05, 0.1) is 12.7 Å². The molecule has 1 heterocycles. The monoisotopic (exact) mass is 307 g/mol. The Kier molecular flexibility index (Phi) is 4.25. The van der Waals surface area contributed by atoms with Crippen LogP contribution in [-0.2, 0) is 11.3 Å². The van der Waals surface area contributed by atoms with Gasteiger partial charge in [0, 0.05) is 0 Å². The van der Waals surface area contributed by atoms with Gasteiger partial charge in [-0.3, -0.25) is 0 Å². The number of hydrogen-bond donors (Lipinski definition) is 0. The van der Waals surface area contributed by atoms with Crippen molar-refractivity contribution in [3.8, 4) is 0 Å². The van der Waals surface area contributed by atoms with E-state index in [2.05, 4.69) is 17.1 Å². The van der Waals surface area contributed by atoms with Crippen LogP contribution in [-0.4, -0.2) is 11.1 Å². The Morgan fingerprint density at radius 1 is 1.05 bits per heavy atom. The highest BCUT2D eigenvalue weighted by molar-refractivity contribution is 6.32. The SMILES string of the molecule is Clc1cc(C2CC(OCc3ccccc3)C2)cc(Cl)n1.